The predicted molar refractivity (Wildman–Crippen MR) is 60.0 cm³/mol. The first-order valence-corrected chi connectivity index (χ1v) is 5.08. The van der Waals surface area contributed by atoms with E-state index in [0.29, 0.717) is 25.9 Å². The van der Waals surface area contributed by atoms with Crippen LogP contribution in [0.4, 0.5) is 9.59 Å². The van der Waals surface area contributed by atoms with Crippen LogP contribution in [0.1, 0.15) is 12.8 Å². The maximum Gasteiger partial charge on any atom is 0.332 e. The molecule has 0 spiro atoms. The topological polar surface area (TPSA) is 91.0 Å². The summed E-state index contributed by atoms with van der Waals surface area (Å²) in [6.07, 6.45) is 1.33. The Bertz CT molecular complexity index is 303. The summed E-state index contributed by atoms with van der Waals surface area (Å²) in [4.78, 5) is 25.3. The number of likely N-dealkylation sites (tertiary alicyclic amines) is 1. The molecule has 90 valence electrons. The molecule has 1 heterocycles. The van der Waals surface area contributed by atoms with Gasteiger partial charge in [-0.15, -0.1) is 0 Å². The van der Waals surface area contributed by atoms with Gasteiger partial charge in [-0.2, -0.15) is 5.10 Å². The Labute approximate surface area is 94.3 Å². The van der Waals surface area contributed by atoms with E-state index >= 15 is 0 Å². The van der Waals surface area contributed by atoms with Crippen molar-refractivity contribution in [2.24, 2.45) is 10.8 Å². The zero-order chi connectivity index (χ0) is 12.1. The third kappa shape index (κ3) is 3.41. The SMILES string of the molecule is CN(C)C(=O)N1CCC(=NNC(N)=O)CC1. The van der Waals surface area contributed by atoms with Crippen LogP contribution in [0.5, 0.6) is 0 Å². The monoisotopic (exact) mass is 227 g/mol. The van der Waals surface area contributed by atoms with Crippen molar-refractivity contribution >= 4 is 17.8 Å². The van der Waals surface area contributed by atoms with Crippen LogP contribution in [0.15, 0.2) is 5.10 Å². The highest BCUT2D eigenvalue weighted by molar-refractivity contribution is 5.88. The van der Waals surface area contributed by atoms with Gasteiger partial charge >= 0.3 is 12.1 Å². The lowest BCUT2D eigenvalue weighted by atomic mass is 10.1. The van der Waals surface area contributed by atoms with E-state index < -0.39 is 6.03 Å². The van der Waals surface area contributed by atoms with Gasteiger partial charge in [-0.25, -0.2) is 15.0 Å². The molecule has 0 bridgehead atoms. The first kappa shape index (κ1) is 12.3. The normalized spacial score (nSPS) is 15.6. The van der Waals surface area contributed by atoms with Gasteiger partial charge in [0.1, 0.15) is 0 Å². The maximum atomic E-state index is 11.6. The highest BCUT2D eigenvalue weighted by atomic mass is 16.2. The quantitative estimate of drug-likeness (QED) is 0.607. The fourth-order valence-corrected chi connectivity index (χ4v) is 1.48. The Morgan fingerprint density at radius 3 is 2.38 bits per heavy atom. The molecule has 16 heavy (non-hydrogen) atoms. The fraction of sp³-hybridized carbons (Fsp3) is 0.667. The highest BCUT2D eigenvalue weighted by Gasteiger charge is 2.20. The molecule has 4 amide bonds. The van der Waals surface area contributed by atoms with Crippen LogP contribution in [0.2, 0.25) is 0 Å². The summed E-state index contributed by atoms with van der Waals surface area (Å²) in [5.74, 6) is 0. The first-order valence-electron chi connectivity index (χ1n) is 5.08. The molecule has 0 aromatic heterocycles. The first-order chi connectivity index (χ1) is 7.50. The second-order valence-electron chi connectivity index (χ2n) is 3.82. The molecule has 0 aromatic carbocycles. The van der Waals surface area contributed by atoms with E-state index in [1.54, 1.807) is 23.9 Å². The molecule has 0 aliphatic carbocycles. The number of piperidine rings is 1. The number of amides is 4. The predicted octanol–water partition coefficient (Wildman–Crippen LogP) is -0.212. The van der Waals surface area contributed by atoms with Crippen LogP contribution in [-0.2, 0) is 0 Å². The summed E-state index contributed by atoms with van der Waals surface area (Å²) in [5, 5.41) is 3.86. The molecule has 0 aromatic rings. The minimum atomic E-state index is -0.667. The molecule has 3 N–H and O–H groups in total. The Morgan fingerprint density at radius 1 is 1.38 bits per heavy atom. The molecule has 1 saturated heterocycles. The van der Waals surface area contributed by atoms with Gasteiger partial charge in [0, 0.05) is 45.7 Å². The number of carbonyl (C=O) groups is 2. The van der Waals surface area contributed by atoms with Crippen molar-refractivity contribution in [3.8, 4) is 0 Å². The van der Waals surface area contributed by atoms with Crippen molar-refractivity contribution in [3.05, 3.63) is 0 Å². The molecule has 1 aliphatic rings. The van der Waals surface area contributed by atoms with Gasteiger partial charge in [-0.05, 0) is 0 Å². The van der Waals surface area contributed by atoms with Crippen molar-refractivity contribution in [1.29, 1.82) is 0 Å². The van der Waals surface area contributed by atoms with Crippen LogP contribution >= 0.6 is 0 Å². The number of primary amides is 1. The molecule has 0 saturated carbocycles. The van der Waals surface area contributed by atoms with E-state index in [1.165, 1.54) is 0 Å². The molecule has 7 nitrogen and oxygen atoms in total. The van der Waals surface area contributed by atoms with Gasteiger partial charge in [-0.3, -0.25) is 0 Å². The molecule has 1 fully saturated rings. The molecule has 1 rings (SSSR count). The number of hydrogen-bond donors (Lipinski definition) is 2. The van der Waals surface area contributed by atoms with Crippen LogP contribution < -0.4 is 11.2 Å². The number of nitrogens with zero attached hydrogens (tertiary/aromatic N) is 3. The van der Waals surface area contributed by atoms with E-state index in [0.717, 1.165) is 5.71 Å². The minimum Gasteiger partial charge on any atom is -0.350 e. The summed E-state index contributed by atoms with van der Waals surface area (Å²) in [6.45, 7) is 1.24. The van der Waals surface area contributed by atoms with Crippen LogP contribution in [0.25, 0.3) is 0 Å². The van der Waals surface area contributed by atoms with Gasteiger partial charge < -0.3 is 15.5 Å². The van der Waals surface area contributed by atoms with Gasteiger partial charge in [0.15, 0.2) is 0 Å². The lowest BCUT2D eigenvalue weighted by Crippen LogP contribution is -2.44. The fourth-order valence-electron chi connectivity index (χ4n) is 1.48. The summed E-state index contributed by atoms with van der Waals surface area (Å²) in [5.41, 5.74) is 7.95. The summed E-state index contributed by atoms with van der Waals surface area (Å²) in [7, 11) is 3.45. The molecular formula is C9H17N5O2. The number of hydrazone groups is 1. The number of nitrogens with one attached hydrogen (secondary N) is 1. The van der Waals surface area contributed by atoms with Gasteiger partial charge in [0.25, 0.3) is 0 Å². The molecule has 7 heteroatoms. The average Bonchev–Trinajstić information content (AvgIpc) is 2.26. The zero-order valence-corrected chi connectivity index (χ0v) is 9.56. The average molecular weight is 227 g/mol. The lowest BCUT2D eigenvalue weighted by molar-refractivity contribution is 0.171. The van der Waals surface area contributed by atoms with E-state index in [1.807, 2.05) is 0 Å². The smallest absolute Gasteiger partial charge is 0.332 e. The van der Waals surface area contributed by atoms with Gasteiger partial charge in [0.2, 0.25) is 0 Å². The molecular weight excluding hydrogens is 210 g/mol. The van der Waals surface area contributed by atoms with Crippen LogP contribution in [-0.4, -0.2) is 54.8 Å². The number of hydrogen-bond acceptors (Lipinski definition) is 3. The zero-order valence-electron chi connectivity index (χ0n) is 9.56. The standard InChI is InChI=1S/C9H17N5O2/c1-13(2)9(16)14-5-3-7(4-6-14)11-12-8(10)15/h3-6H2,1-2H3,(H3,10,12,15). The number of carbonyl (C=O) groups excluding carboxylic acids is 2. The maximum absolute atomic E-state index is 11.6. The molecule has 1 aliphatic heterocycles. The van der Waals surface area contributed by atoms with Crippen molar-refractivity contribution in [2.75, 3.05) is 27.2 Å². The largest absolute Gasteiger partial charge is 0.350 e. The molecule has 0 atom stereocenters. The summed E-state index contributed by atoms with van der Waals surface area (Å²) >= 11 is 0. The third-order valence-corrected chi connectivity index (χ3v) is 2.32. The Morgan fingerprint density at radius 2 is 1.94 bits per heavy atom. The third-order valence-electron chi connectivity index (χ3n) is 2.32. The minimum absolute atomic E-state index is 0.00177. The Hall–Kier alpha value is -1.79. The Balaban J connectivity index is 2.42. The lowest BCUT2D eigenvalue weighted by Gasteiger charge is -2.29. The summed E-state index contributed by atoms with van der Waals surface area (Å²) < 4.78 is 0. The van der Waals surface area contributed by atoms with E-state index in [2.05, 4.69) is 10.5 Å². The van der Waals surface area contributed by atoms with Crippen molar-refractivity contribution in [3.63, 3.8) is 0 Å². The second-order valence-corrected chi connectivity index (χ2v) is 3.82. The highest BCUT2D eigenvalue weighted by Crippen LogP contribution is 2.08. The van der Waals surface area contributed by atoms with Gasteiger partial charge in [-0.1, -0.05) is 0 Å². The van der Waals surface area contributed by atoms with Crippen LogP contribution in [0.3, 0.4) is 0 Å². The van der Waals surface area contributed by atoms with E-state index in [9.17, 15) is 9.59 Å². The number of urea groups is 2. The number of rotatable bonds is 1. The van der Waals surface area contributed by atoms with Crippen molar-refractivity contribution < 1.29 is 9.59 Å². The van der Waals surface area contributed by atoms with E-state index in [4.69, 9.17) is 5.73 Å². The summed E-state index contributed by atoms with van der Waals surface area (Å²) in [6, 6.07) is -0.666. The van der Waals surface area contributed by atoms with Crippen molar-refractivity contribution in [2.45, 2.75) is 12.8 Å². The second kappa shape index (κ2) is 5.34. The number of nitrogens with two attached hydrogens (primary N) is 1. The molecule has 0 radical (unpaired) electrons. The van der Waals surface area contributed by atoms with Crippen LogP contribution in [0, 0.1) is 0 Å². The Kier molecular flexibility index (Phi) is 4.10. The van der Waals surface area contributed by atoms with E-state index in [-0.39, 0.29) is 6.03 Å². The van der Waals surface area contributed by atoms with Gasteiger partial charge in [0.05, 0.1) is 0 Å². The molecule has 0 unspecified atom stereocenters. The van der Waals surface area contributed by atoms with Crippen molar-refractivity contribution in [1.82, 2.24) is 15.2 Å².